The lowest BCUT2D eigenvalue weighted by atomic mass is 9.87. The van der Waals surface area contributed by atoms with Crippen LogP contribution < -0.4 is 5.32 Å². The molecule has 0 aliphatic heterocycles. The maximum atomic E-state index is 9.48. The van der Waals surface area contributed by atoms with Crippen molar-refractivity contribution in [1.82, 2.24) is 5.32 Å². The Kier molecular flexibility index (Phi) is 4.02. The van der Waals surface area contributed by atoms with Crippen molar-refractivity contribution in [2.75, 3.05) is 13.2 Å². The highest BCUT2D eigenvalue weighted by molar-refractivity contribution is 5.25. The summed E-state index contributed by atoms with van der Waals surface area (Å²) in [6.45, 7) is 1.96. The van der Waals surface area contributed by atoms with Crippen molar-refractivity contribution < 1.29 is 10.2 Å². The molecule has 1 aliphatic carbocycles. The van der Waals surface area contributed by atoms with Crippen molar-refractivity contribution in [2.45, 2.75) is 32.2 Å². The first-order chi connectivity index (χ1) is 8.24. The highest BCUT2D eigenvalue weighted by Gasteiger charge is 2.32. The largest absolute Gasteiger partial charge is 0.508 e. The SMILES string of the molecule is OCC1(CNCc2ccc(O)cc2)CCCC1. The van der Waals surface area contributed by atoms with Gasteiger partial charge in [0.25, 0.3) is 0 Å². The number of aliphatic hydroxyl groups excluding tert-OH is 1. The molecule has 1 fully saturated rings. The molecule has 0 radical (unpaired) electrons. The van der Waals surface area contributed by atoms with Crippen LogP contribution in [0.4, 0.5) is 0 Å². The second kappa shape index (κ2) is 5.52. The first-order valence-electron chi connectivity index (χ1n) is 6.34. The molecule has 2 rings (SSSR count). The number of phenols is 1. The summed E-state index contributed by atoms with van der Waals surface area (Å²) in [5.74, 6) is 0.302. The predicted molar refractivity (Wildman–Crippen MR) is 67.8 cm³/mol. The maximum Gasteiger partial charge on any atom is 0.115 e. The van der Waals surface area contributed by atoms with Crippen molar-refractivity contribution in [2.24, 2.45) is 5.41 Å². The summed E-state index contributed by atoms with van der Waals surface area (Å²) in [5, 5.41) is 22.1. The van der Waals surface area contributed by atoms with Gasteiger partial charge in [-0.25, -0.2) is 0 Å². The highest BCUT2D eigenvalue weighted by Crippen LogP contribution is 2.36. The van der Waals surface area contributed by atoms with Gasteiger partial charge in [-0.15, -0.1) is 0 Å². The van der Waals surface area contributed by atoms with E-state index in [1.807, 2.05) is 12.1 Å². The van der Waals surface area contributed by atoms with Crippen molar-refractivity contribution in [3.8, 4) is 5.75 Å². The molecule has 0 bridgehead atoms. The van der Waals surface area contributed by atoms with Gasteiger partial charge in [-0.2, -0.15) is 0 Å². The summed E-state index contributed by atoms with van der Waals surface area (Å²) >= 11 is 0. The molecule has 17 heavy (non-hydrogen) atoms. The summed E-state index contributed by atoms with van der Waals surface area (Å²) < 4.78 is 0. The van der Waals surface area contributed by atoms with Crippen molar-refractivity contribution >= 4 is 0 Å². The molecular weight excluding hydrogens is 214 g/mol. The van der Waals surface area contributed by atoms with E-state index in [1.165, 1.54) is 12.8 Å². The molecule has 1 saturated carbocycles. The monoisotopic (exact) mass is 235 g/mol. The predicted octanol–water partition coefficient (Wildman–Crippen LogP) is 2.03. The van der Waals surface area contributed by atoms with Gasteiger partial charge >= 0.3 is 0 Å². The second-order valence-electron chi connectivity index (χ2n) is 5.14. The number of aliphatic hydroxyl groups is 1. The lowest BCUT2D eigenvalue weighted by Gasteiger charge is -2.26. The molecule has 0 spiro atoms. The van der Waals surface area contributed by atoms with E-state index in [0.717, 1.165) is 31.5 Å². The van der Waals surface area contributed by atoms with Gasteiger partial charge in [0.15, 0.2) is 0 Å². The Hall–Kier alpha value is -1.06. The minimum atomic E-state index is 0.108. The number of rotatable bonds is 5. The first kappa shape index (κ1) is 12.4. The van der Waals surface area contributed by atoms with Gasteiger partial charge in [-0.3, -0.25) is 0 Å². The van der Waals surface area contributed by atoms with Crippen LogP contribution in [0.5, 0.6) is 5.75 Å². The molecule has 3 N–H and O–H groups in total. The lowest BCUT2D eigenvalue weighted by Crippen LogP contribution is -2.34. The Morgan fingerprint density at radius 2 is 1.76 bits per heavy atom. The number of nitrogens with one attached hydrogen (secondary N) is 1. The van der Waals surface area contributed by atoms with E-state index in [0.29, 0.717) is 5.75 Å². The summed E-state index contributed by atoms with van der Waals surface area (Å²) in [6.07, 6.45) is 4.74. The fourth-order valence-electron chi connectivity index (χ4n) is 2.60. The average Bonchev–Trinajstić information content (AvgIpc) is 2.81. The van der Waals surface area contributed by atoms with Gasteiger partial charge in [-0.05, 0) is 30.5 Å². The zero-order valence-electron chi connectivity index (χ0n) is 10.2. The van der Waals surface area contributed by atoms with Gasteiger partial charge in [0.05, 0.1) is 0 Å². The van der Waals surface area contributed by atoms with Gasteiger partial charge in [0.1, 0.15) is 5.75 Å². The highest BCUT2D eigenvalue weighted by atomic mass is 16.3. The minimum Gasteiger partial charge on any atom is -0.508 e. The summed E-state index contributed by atoms with van der Waals surface area (Å²) in [7, 11) is 0. The zero-order chi connectivity index (χ0) is 12.1. The molecule has 0 atom stereocenters. The molecular formula is C14H21NO2. The number of hydrogen-bond acceptors (Lipinski definition) is 3. The van der Waals surface area contributed by atoms with E-state index in [9.17, 15) is 10.2 Å². The zero-order valence-corrected chi connectivity index (χ0v) is 10.2. The third-order valence-corrected chi connectivity index (χ3v) is 3.77. The van der Waals surface area contributed by atoms with E-state index in [1.54, 1.807) is 12.1 Å². The van der Waals surface area contributed by atoms with Gasteiger partial charge in [-0.1, -0.05) is 25.0 Å². The molecule has 0 unspecified atom stereocenters. The van der Waals surface area contributed by atoms with E-state index in [4.69, 9.17) is 0 Å². The Labute approximate surface area is 102 Å². The fraction of sp³-hybridized carbons (Fsp3) is 0.571. The fourth-order valence-corrected chi connectivity index (χ4v) is 2.60. The van der Waals surface area contributed by atoms with Crippen LogP contribution in [0.2, 0.25) is 0 Å². The second-order valence-corrected chi connectivity index (χ2v) is 5.14. The van der Waals surface area contributed by atoms with Gasteiger partial charge < -0.3 is 15.5 Å². The quantitative estimate of drug-likeness (QED) is 0.732. The van der Waals surface area contributed by atoms with E-state index in [-0.39, 0.29) is 12.0 Å². The number of hydrogen-bond donors (Lipinski definition) is 3. The standard InChI is InChI=1S/C14H21NO2/c16-11-14(7-1-2-8-14)10-15-9-12-3-5-13(17)6-4-12/h3-6,15-17H,1-2,7-11H2. The molecule has 3 heteroatoms. The summed E-state index contributed by atoms with van der Waals surface area (Å²) in [6, 6.07) is 7.24. The van der Waals surface area contributed by atoms with Crippen LogP contribution in [-0.4, -0.2) is 23.4 Å². The number of aromatic hydroxyl groups is 1. The Bertz CT molecular complexity index is 342. The molecule has 1 aromatic rings. The first-order valence-corrected chi connectivity index (χ1v) is 6.34. The molecule has 94 valence electrons. The molecule has 0 amide bonds. The summed E-state index contributed by atoms with van der Waals surface area (Å²) in [5.41, 5.74) is 1.27. The smallest absolute Gasteiger partial charge is 0.115 e. The van der Waals surface area contributed by atoms with Crippen molar-refractivity contribution in [1.29, 1.82) is 0 Å². The van der Waals surface area contributed by atoms with E-state index < -0.39 is 0 Å². The molecule has 0 aromatic heterocycles. The van der Waals surface area contributed by atoms with Crippen LogP contribution in [-0.2, 0) is 6.54 Å². The van der Waals surface area contributed by atoms with Crippen molar-refractivity contribution in [3.05, 3.63) is 29.8 Å². The molecule has 3 nitrogen and oxygen atoms in total. The van der Waals surface area contributed by atoms with E-state index in [2.05, 4.69) is 5.32 Å². The van der Waals surface area contributed by atoms with Crippen LogP contribution in [0.3, 0.4) is 0 Å². The molecule has 1 aliphatic rings. The van der Waals surface area contributed by atoms with Crippen LogP contribution in [0, 0.1) is 5.41 Å². The average molecular weight is 235 g/mol. The minimum absolute atomic E-state index is 0.108. The van der Waals surface area contributed by atoms with Gasteiger partial charge in [0, 0.05) is 25.1 Å². The summed E-state index contributed by atoms with van der Waals surface area (Å²) in [4.78, 5) is 0. The lowest BCUT2D eigenvalue weighted by molar-refractivity contribution is 0.128. The molecule has 0 saturated heterocycles. The topological polar surface area (TPSA) is 52.5 Å². The van der Waals surface area contributed by atoms with Gasteiger partial charge in [0.2, 0.25) is 0 Å². The van der Waals surface area contributed by atoms with Crippen LogP contribution in [0.15, 0.2) is 24.3 Å². The molecule has 0 heterocycles. The van der Waals surface area contributed by atoms with E-state index >= 15 is 0 Å². The van der Waals surface area contributed by atoms with Crippen LogP contribution in [0.1, 0.15) is 31.2 Å². The maximum absolute atomic E-state index is 9.48. The number of benzene rings is 1. The third-order valence-electron chi connectivity index (χ3n) is 3.77. The van der Waals surface area contributed by atoms with Crippen molar-refractivity contribution in [3.63, 3.8) is 0 Å². The van der Waals surface area contributed by atoms with Crippen LogP contribution >= 0.6 is 0 Å². The normalized spacial score (nSPS) is 18.4. The Morgan fingerprint density at radius 1 is 1.12 bits per heavy atom. The Balaban J connectivity index is 1.80. The number of phenolic OH excluding ortho intramolecular Hbond substituents is 1. The molecule has 1 aromatic carbocycles. The Morgan fingerprint density at radius 3 is 2.35 bits per heavy atom. The van der Waals surface area contributed by atoms with Crippen LogP contribution in [0.25, 0.3) is 0 Å². The third kappa shape index (κ3) is 3.20.